The number of para-hydroxylation sites is 1. The van der Waals surface area contributed by atoms with Gasteiger partial charge in [0.15, 0.2) is 5.82 Å². The Hall–Kier alpha value is -2.62. The number of aromatic nitrogens is 2. The van der Waals surface area contributed by atoms with Crippen molar-refractivity contribution in [3.05, 3.63) is 64.4 Å². The Bertz CT molecular complexity index is 819. The van der Waals surface area contributed by atoms with Crippen molar-refractivity contribution >= 4 is 10.9 Å². The highest BCUT2D eigenvalue weighted by Crippen LogP contribution is 2.18. The van der Waals surface area contributed by atoms with Gasteiger partial charge in [-0.25, -0.2) is 9.66 Å². The fourth-order valence-electron chi connectivity index (χ4n) is 2.24. The molecular formula is C16H15N3O. The molecular weight excluding hydrogens is 250 g/mol. The Morgan fingerprint density at radius 2 is 1.80 bits per heavy atom. The van der Waals surface area contributed by atoms with E-state index in [1.807, 2.05) is 36.4 Å². The van der Waals surface area contributed by atoms with Crippen molar-refractivity contribution in [2.75, 3.05) is 5.84 Å². The van der Waals surface area contributed by atoms with Crippen LogP contribution in [0, 0.1) is 0 Å². The molecule has 1 heterocycles. The first-order valence-electron chi connectivity index (χ1n) is 6.57. The van der Waals surface area contributed by atoms with E-state index in [1.165, 1.54) is 5.56 Å². The van der Waals surface area contributed by atoms with Crippen molar-refractivity contribution in [3.63, 3.8) is 0 Å². The normalized spacial score (nSPS) is 10.8. The zero-order chi connectivity index (χ0) is 14.1. The molecule has 4 heteroatoms. The Morgan fingerprint density at radius 1 is 1.10 bits per heavy atom. The fourth-order valence-corrected chi connectivity index (χ4v) is 2.24. The van der Waals surface area contributed by atoms with E-state index in [4.69, 9.17) is 5.84 Å². The molecule has 0 amide bonds. The number of benzene rings is 2. The largest absolute Gasteiger partial charge is 0.334 e. The lowest BCUT2D eigenvalue weighted by Gasteiger charge is -2.09. The molecule has 0 saturated carbocycles. The second-order valence-corrected chi connectivity index (χ2v) is 4.68. The van der Waals surface area contributed by atoms with Gasteiger partial charge < -0.3 is 5.84 Å². The molecule has 0 aliphatic heterocycles. The first-order chi connectivity index (χ1) is 9.70. The summed E-state index contributed by atoms with van der Waals surface area (Å²) in [6.45, 7) is 2.10. The number of fused-ring (bicyclic) bond motifs is 1. The van der Waals surface area contributed by atoms with Crippen LogP contribution in [0.1, 0.15) is 12.5 Å². The highest BCUT2D eigenvalue weighted by molar-refractivity contribution is 5.79. The number of rotatable bonds is 2. The minimum absolute atomic E-state index is 0.231. The summed E-state index contributed by atoms with van der Waals surface area (Å²) in [4.78, 5) is 16.7. The molecule has 3 aromatic rings. The molecule has 20 heavy (non-hydrogen) atoms. The van der Waals surface area contributed by atoms with Gasteiger partial charge in [0.1, 0.15) is 0 Å². The molecule has 0 spiro atoms. The highest BCUT2D eigenvalue weighted by atomic mass is 16.1. The summed E-state index contributed by atoms with van der Waals surface area (Å²) >= 11 is 0. The topological polar surface area (TPSA) is 60.9 Å². The van der Waals surface area contributed by atoms with Gasteiger partial charge in [0, 0.05) is 5.56 Å². The van der Waals surface area contributed by atoms with Crippen LogP contribution >= 0.6 is 0 Å². The van der Waals surface area contributed by atoms with Gasteiger partial charge in [-0.2, -0.15) is 0 Å². The predicted molar refractivity (Wildman–Crippen MR) is 81.0 cm³/mol. The third-order valence-corrected chi connectivity index (χ3v) is 3.43. The van der Waals surface area contributed by atoms with E-state index < -0.39 is 0 Å². The molecule has 0 aliphatic rings. The number of hydrogen-bond acceptors (Lipinski definition) is 3. The number of aryl methyl sites for hydroxylation is 1. The third-order valence-electron chi connectivity index (χ3n) is 3.43. The monoisotopic (exact) mass is 265 g/mol. The summed E-state index contributed by atoms with van der Waals surface area (Å²) in [5, 5.41) is 0.531. The zero-order valence-corrected chi connectivity index (χ0v) is 11.2. The van der Waals surface area contributed by atoms with Gasteiger partial charge in [-0.15, -0.1) is 0 Å². The molecule has 0 unspecified atom stereocenters. The van der Waals surface area contributed by atoms with Crippen LogP contribution < -0.4 is 11.4 Å². The van der Waals surface area contributed by atoms with Crippen LogP contribution in [0.4, 0.5) is 0 Å². The van der Waals surface area contributed by atoms with E-state index in [2.05, 4.69) is 11.9 Å². The van der Waals surface area contributed by atoms with Crippen LogP contribution in [0.3, 0.4) is 0 Å². The Morgan fingerprint density at radius 3 is 2.50 bits per heavy atom. The Balaban J connectivity index is 2.25. The highest BCUT2D eigenvalue weighted by Gasteiger charge is 2.10. The van der Waals surface area contributed by atoms with Crippen LogP contribution in [0.25, 0.3) is 22.3 Å². The van der Waals surface area contributed by atoms with Crippen molar-refractivity contribution in [2.24, 2.45) is 0 Å². The summed E-state index contributed by atoms with van der Waals surface area (Å²) in [5.74, 6) is 6.38. The molecule has 0 fully saturated rings. The third kappa shape index (κ3) is 1.95. The van der Waals surface area contributed by atoms with E-state index in [0.717, 1.165) is 16.7 Å². The van der Waals surface area contributed by atoms with Crippen LogP contribution in [-0.4, -0.2) is 9.66 Å². The fraction of sp³-hybridized carbons (Fsp3) is 0.125. The molecule has 0 atom stereocenters. The molecule has 1 aromatic heterocycles. The van der Waals surface area contributed by atoms with Crippen LogP contribution in [-0.2, 0) is 6.42 Å². The first kappa shape index (κ1) is 12.4. The lowest BCUT2D eigenvalue weighted by atomic mass is 10.1. The molecule has 2 aromatic carbocycles. The number of nitrogens with zero attached hydrogens (tertiary/aromatic N) is 2. The van der Waals surface area contributed by atoms with Crippen LogP contribution in [0.15, 0.2) is 53.3 Å². The van der Waals surface area contributed by atoms with Crippen LogP contribution in [0.5, 0.6) is 0 Å². The minimum Gasteiger partial charge on any atom is -0.334 e. The Kier molecular flexibility index (Phi) is 2.99. The SMILES string of the molecule is CCc1ccc(-c2nc3ccccc3c(=O)n2N)cc1. The molecule has 3 rings (SSSR count). The molecule has 0 bridgehead atoms. The summed E-state index contributed by atoms with van der Waals surface area (Å²) < 4.78 is 1.11. The predicted octanol–water partition coefficient (Wildman–Crippen LogP) is 2.34. The average Bonchev–Trinajstić information content (AvgIpc) is 2.51. The van der Waals surface area contributed by atoms with E-state index in [0.29, 0.717) is 16.7 Å². The first-order valence-corrected chi connectivity index (χ1v) is 6.57. The molecule has 4 nitrogen and oxygen atoms in total. The molecule has 100 valence electrons. The Labute approximate surface area is 116 Å². The summed E-state index contributed by atoms with van der Waals surface area (Å²) in [7, 11) is 0. The van der Waals surface area contributed by atoms with Gasteiger partial charge in [-0.1, -0.05) is 43.3 Å². The van der Waals surface area contributed by atoms with Gasteiger partial charge in [0.25, 0.3) is 5.56 Å². The standard InChI is InChI=1S/C16H15N3O/c1-2-11-7-9-12(10-8-11)15-18-14-6-4-3-5-13(14)16(20)19(15)17/h3-10H,2,17H2,1H3. The van der Waals surface area contributed by atoms with Crippen molar-refractivity contribution in [2.45, 2.75) is 13.3 Å². The van der Waals surface area contributed by atoms with E-state index in [-0.39, 0.29) is 5.56 Å². The number of hydrogen-bond donors (Lipinski definition) is 1. The maximum absolute atomic E-state index is 12.2. The summed E-state index contributed by atoms with van der Waals surface area (Å²) in [6, 6.07) is 15.2. The van der Waals surface area contributed by atoms with E-state index in [1.54, 1.807) is 12.1 Å². The lowest BCUT2D eigenvalue weighted by molar-refractivity contribution is 0.926. The van der Waals surface area contributed by atoms with Crippen molar-refractivity contribution in [3.8, 4) is 11.4 Å². The maximum atomic E-state index is 12.2. The summed E-state index contributed by atoms with van der Waals surface area (Å²) in [5.41, 5.74) is 2.51. The smallest absolute Gasteiger partial charge is 0.280 e. The number of nitrogen functional groups attached to an aromatic ring is 1. The van der Waals surface area contributed by atoms with Crippen LogP contribution in [0.2, 0.25) is 0 Å². The average molecular weight is 265 g/mol. The summed E-state index contributed by atoms with van der Waals surface area (Å²) in [6.07, 6.45) is 0.973. The molecule has 2 N–H and O–H groups in total. The van der Waals surface area contributed by atoms with Gasteiger partial charge in [0.2, 0.25) is 0 Å². The van der Waals surface area contributed by atoms with E-state index in [9.17, 15) is 4.79 Å². The van der Waals surface area contributed by atoms with Gasteiger partial charge in [0.05, 0.1) is 10.9 Å². The number of nitrogens with two attached hydrogens (primary N) is 1. The minimum atomic E-state index is -0.231. The maximum Gasteiger partial charge on any atom is 0.280 e. The van der Waals surface area contributed by atoms with Gasteiger partial charge >= 0.3 is 0 Å². The quantitative estimate of drug-likeness (QED) is 0.723. The lowest BCUT2D eigenvalue weighted by Crippen LogP contribution is -2.29. The second kappa shape index (κ2) is 4.81. The molecule has 0 saturated heterocycles. The second-order valence-electron chi connectivity index (χ2n) is 4.68. The van der Waals surface area contributed by atoms with Crippen molar-refractivity contribution in [1.29, 1.82) is 0 Å². The van der Waals surface area contributed by atoms with E-state index >= 15 is 0 Å². The van der Waals surface area contributed by atoms with Crippen molar-refractivity contribution in [1.82, 2.24) is 9.66 Å². The van der Waals surface area contributed by atoms with Gasteiger partial charge in [-0.05, 0) is 24.1 Å². The molecule has 0 radical (unpaired) electrons. The molecule has 0 aliphatic carbocycles. The zero-order valence-electron chi connectivity index (χ0n) is 11.2. The van der Waals surface area contributed by atoms with Crippen molar-refractivity contribution < 1.29 is 0 Å². The van der Waals surface area contributed by atoms with Gasteiger partial charge in [-0.3, -0.25) is 4.79 Å².